The van der Waals surface area contributed by atoms with E-state index in [0.29, 0.717) is 38.4 Å². The van der Waals surface area contributed by atoms with E-state index in [9.17, 15) is 9.59 Å². The van der Waals surface area contributed by atoms with Gasteiger partial charge in [-0.25, -0.2) is 9.78 Å². The fraction of sp³-hybridized carbons (Fsp3) is 0.667. The van der Waals surface area contributed by atoms with E-state index in [1.54, 1.807) is 29.9 Å². The maximum Gasteiger partial charge on any atom is 0.410 e. The summed E-state index contributed by atoms with van der Waals surface area (Å²) in [7, 11) is 5.23. The van der Waals surface area contributed by atoms with Crippen LogP contribution >= 0.6 is 0 Å². The molecule has 41 heavy (non-hydrogen) atoms. The molecule has 2 aromatic rings. The summed E-state index contributed by atoms with van der Waals surface area (Å²) in [4.78, 5) is 31.9. The Kier molecular flexibility index (Phi) is 11.0. The molecular weight excluding hydrogens is 528 g/mol. The van der Waals surface area contributed by atoms with Gasteiger partial charge in [0, 0.05) is 59.1 Å². The van der Waals surface area contributed by atoms with Crippen molar-refractivity contribution in [1.82, 2.24) is 19.7 Å². The Morgan fingerprint density at radius 3 is 2.71 bits per heavy atom. The third kappa shape index (κ3) is 8.19. The van der Waals surface area contributed by atoms with E-state index in [2.05, 4.69) is 5.10 Å². The van der Waals surface area contributed by atoms with Crippen LogP contribution in [0.2, 0.25) is 0 Å². The topological polar surface area (TPSA) is 114 Å². The highest BCUT2D eigenvalue weighted by Gasteiger charge is 2.31. The van der Waals surface area contributed by atoms with Crippen molar-refractivity contribution in [2.24, 2.45) is 13.0 Å². The molecule has 0 radical (unpaired) electrons. The molecule has 1 saturated carbocycles. The van der Waals surface area contributed by atoms with Crippen LogP contribution in [0.5, 0.6) is 5.75 Å². The number of rotatable bonds is 11. The molecule has 4 rings (SSSR count). The first kappa shape index (κ1) is 30.8. The van der Waals surface area contributed by atoms with Crippen LogP contribution in [-0.2, 0) is 37.4 Å². The summed E-state index contributed by atoms with van der Waals surface area (Å²) in [5.74, 6) is 0.365. The molecule has 2 fully saturated rings. The van der Waals surface area contributed by atoms with Gasteiger partial charge in [0.05, 0.1) is 35.3 Å². The highest BCUT2D eigenvalue weighted by molar-refractivity contribution is 5.72. The number of amides is 1. The molecule has 0 spiro atoms. The number of aryl methyl sites for hydroxylation is 2. The van der Waals surface area contributed by atoms with Gasteiger partial charge < -0.3 is 28.6 Å². The van der Waals surface area contributed by atoms with Gasteiger partial charge in [-0.1, -0.05) is 0 Å². The molecule has 1 amide bonds. The van der Waals surface area contributed by atoms with Gasteiger partial charge in [-0.05, 0) is 64.5 Å². The molecule has 1 aliphatic carbocycles. The number of hydrogen-bond donors (Lipinski definition) is 0. The lowest BCUT2D eigenvalue weighted by Gasteiger charge is -2.30. The van der Waals surface area contributed by atoms with E-state index < -0.39 is 0 Å². The Morgan fingerprint density at radius 1 is 1.20 bits per heavy atom. The normalized spacial score (nSPS) is 20.3. The zero-order chi connectivity index (χ0) is 29.4. The van der Waals surface area contributed by atoms with Gasteiger partial charge >= 0.3 is 12.1 Å². The minimum absolute atomic E-state index is 0.0805. The molecule has 2 aliphatic rings. The summed E-state index contributed by atoms with van der Waals surface area (Å²) >= 11 is 0. The first-order valence-electron chi connectivity index (χ1n) is 14.6. The van der Waals surface area contributed by atoms with Gasteiger partial charge in [0.25, 0.3) is 0 Å². The predicted molar refractivity (Wildman–Crippen MR) is 151 cm³/mol. The van der Waals surface area contributed by atoms with Gasteiger partial charge in [-0.15, -0.1) is 0 Å². The first-order chi connectivity index (χ1) is 19.8. The summed E-state index contributed by atoms with van der Waals surface area (Å²) in [6.07, 6.45) is 6.63. The molecular formula is C30H44N4O7. The van der Waals surface area contributed by atoms with Crippen molar-refractivity contribution in [1.29, 1.82) is 0 Å². The molecule has 0 bridgehead atoms. The number of ether oxygens (including phenoxy) is 5. The van der Waals surface area contributed by atoms with Gasteiger partial charge in [-0.2, -0.15) is 5.10 Å². The van der Waals surface area contributed by atoms with Crippen molar-refractivity contribution < 1.29 is 33.3 Å². The van der Waals surface area contributed by atoms with Crippen LogP contribution in [0.25, 0.3) is 11.3 Å². The van der Waals surface area contributed by atoms with E-state index in [-0.39, 0.29) is 42.8 Å². The van der Waals surface area contributed by atoms with Crippen LogP contribution in [0, 0.1) is 12.8 Å². The van der Waals surface area contributed by atoms with Crippen LogP contribution < -0.4 is 4.74 Å². The van der Waals surface area contributed by atoms with Crippen molar-refractivity contribution in [2.75, 3.05) is 34.0 Å². The quantitative estimate of drug-likeness (QED) is 0.360. The lowest BCUT2D eigenvalue weighted by Crippen LogP contribution is -2.40. The van der Waals surface area contributed by atoms with E-state index in [1.807, 2.05) is 33.0 Å². The summed E-state index contributed by atoms with van der Waals surface area (Å²) in [5.41, 5.74) is 3.02. The largest absolute Gasteiger partial charge is 0.489 e. The van der Waals surface area contributed by atoms with Crippen LogP contribution in [0.4, 0.5) is 4.79 Å². The third-order valence-electron chi connectivity index (χ3n) is 8.03. The van der Waals surface area contributed by atoms with Crippen molar-refractivity contribution in [3.63, 3.8) is 0 Å². The second-order valence-corrected chi connectivity index (χ2v) is 11.0. The van der Waals surface area contributed by atoms with Gasteiger partial charge in [0.2, 0.25) is 0 Å². The van der Waals surface area contributed by atoms with Gasteiger partial charge in [0.15, 0.2) is 0 Å². The van der Waals surface area contributed by atoms with Crippen molar-refractivity contribution in [3.8, 4) is 17.0 Å². The molecule has 11 nitrogen and oxygen atoms in total. The Balaban J connectivity index is 1.35. The van der Waals surface area contributed by atoms with Crippen molar-refractivity contribution in [3.05, 3.63) is 29.7 Å². The third-order valence-corrected chi connectivity index (χ3v) is 8.03. The number of methoxy groups -OCH3 is 1. The lowest BCUT2D eigenvalue weighted by atomic mass is 9.87. The van der Waals surface area contributed by atoms with Gasteiger partial charge in [-0.3, -0.25) is 9.48 Å². The van der Waals surface area contributed by atoms with Crippen LogP contribution in [-0.4, -0.2) is 84.0 Å². The van der Waals surface area contributed by atoms with E-state index in [0.717, 1.165) is 54.7 Å². The van der Waals surface area contributed by atoms with Crippen LogP contribution in [0.1, 0.15) is 63.3 Å². The number of carbonyl (C=O) groups excluding carboxylic acids is 2. The molecule has 226 valence electrons. The summed E-state index contributed by atoms with van der Waals surface area (Å²) < 4.78 is 29.8. The molecule has 0 aromatic carbocycles. The van der Waals surface area contributed by atoms with Crippen molar-refractivity contribution >= 4 is 12.1 Å². The Hall–Kier alpha value is -3.18. The molecule has 0 N–H and O–H groups in total. The zero-order valence-corrected chi connectivity index (χ0v) is 25.0. The zero-order valence-electron chi connectivity index (χ0n) is 25.0. The van der Waals surface area contributed by atoms with E-state index in [4.69, 9.17) is 28.7 Å². The van der Waals surface area contributed by atoms with Crippen molar-refractivity contribution in [2.45, 2.75) is 83.6 Å². The highest BCUT2D eigenvalue weighted by atomic mass is 16.6. The number of nitrogens with zero attached hydrogens (tertiary/aromatic N) is 4. The van der Waals surface area contributed by atoms with E-state index in [1.165, 1.54) is 0 Å². The SMILES string of the molecule is COCCC(C)OC(=O)[C@H]1CCC[C@H](Oc2ccc(-c3cnn(C)c3COC(=O)N(C)C3CCOCC3)nc2C)C1. The second-order valence-electron chi connectivity index (χ2n) is 11.0. The summed E-state index contributed by atoms with van der Waals surface area (Å²) in [6, 6.07) is 3.92. The molecule has 1 unspecified atom stereocenters. The summed E-state index contributed by atoms with van der Waals surface area (Å²) in [6.45, 7) is 5.76. The Labute approximate surface area is 242 Å². The molecule has 1 aliphatic heterocycles. The number of hydrogen-bond acceptors (Lipinski definition) is 9. The monoisotopic (exact) mass is 572 g/mol. The summed E-state index contributed by atoms with van der Waals surface area (Å²) in [5, 5.41) is 4.39. The second kappa shape index (κ2) is 14.6. The molecule has 3 heterocycles. The smallest absolute Gasteiger partial charge is 0.410 e. The van der Waals surface area contributed by atoms with Gasteiger partial charge in [0.1, 0.15) is 18.5 Å². The minimum atomic E-state index is -0.365. The molecule has 1 saturated heterocycles. The number of pyridine rings is 1. The Morgan fingerprint density at radius 2 is 1.98 bits per heavy atom. The molecule has 2 aromatic heterocycles. The highest BCUT2D eigenvalue weighted by Crippen LogP contribution is 2.32. The fourth-order valence-electron chi connectivity index (χ4n) is 5.41. The van der Waals surface area contributed by atoms with Crippen LogP contribution in [0.3, 0.4) is 0 Å². The average Bonchev–Trinajstić information content (AvgIpc) is 3.35. The molecule has 3 atom stereocenters. The number of aromatic nitrogens is 3. The van der Waals surface area contributed by atoms with E-state index >= 15 is 0 Å². The molecule has 11 heteroatoms. The van der Waals surface area contributed by atoms with Crippen LogP contribution in [0.15, 0.2) is 18.3 Å². The maximum absolute atomic E-state index is 12.7. The standard InChI is InChI=1S/C30H44N4O7/c1-20(11-14-37-5)40-29(35)22-7-6-8-24(17-22)41-28-10-9-26(32-21(28)2)25-18-31-34(4)27(25)19-39-30(36)33(3)23-12-15-38-16-13-23/h9-10,18,20,22-24H,6-8,11-17,19H2,1-5H3/t20?,22-,24-/m0/s1. The maximum atomic E-state index is 12.7. The Bertz CT molecular complexity index is 1160. The fourth-order valence-corrected chi connectivity index (χ4v) is 5.41. The minimum Gasteiger partial charge on any atom is -0.489 e. The number of carbonyl (C=O) groups is 2. The first-order valence-corrected chi connectivity index (χ1v) is 14.6. The lowest BCUT2D eigenvalue weighted by molar-refractivity contribution is -0.156. The average molecular weight is 573 g/mol. The predicted octanol–water partition coefficient (Wildman–Crippen LogP) is 4.44. The number of esters is 1.